The van der Waals surface area contributed by atoms with E-state index < -0.39 is 5.41 Å². The maximum Gasteiger partial charge on any atom is 0.309 e. The van der Waals surface area contributed by atoms with Crippen LogP contribution in [0.2, 0.25) is 0 Å². The van der Waals surface area contributed by atoms with Crippen molar-refractivity contribution in [2.45, 2.75) is 52.4 Å². The Balaban J connectivity index is 2.70. The Morgan fingerprint density at radius 2 is 2.19 bits per heavy atom. The number of rotatable bonds is 5. The van der Waals surface area contributed by atoms with Crippen molar-refractivity contribution in [3.05, 3.63) is 0 Å². The smallest absolute Gasteiger partial charge is 0.309 e. The second-order valence-electron chi connectivity index (χ2n) is 4.91. The van der Waals surface area contributed by atoms with Crippen molar-refractivity contribution in [3.8, 4) is 0 Å². The van der Waals surface area contributed by atoms with Crippen molar-refractivity contribution in [1.82, 2.24) is 0 Å². The third-order valence-electron chi connectivity index (χ3n) is 3.85. The zero-order valence-electron chi connectivity index (χ0n) is 10.5. The van der Waals surface area contributed by atoms with Crippen LogP contribution in [-0.4, -0.2) is 18.9 Å². The summed E-state index contributed by atoms with van der Waals surface area (Å²) in [6.07, 6.45) is 5.28. The van der Waals surface area contributed by atoms with Gasteiger partial charge in [0.1, 0.15) is 5.78 Å². The molecular weight excluding hydrogens is 204 g/mol. The lowest BCUT2D eigenvalue weighted by Crippen LogP contribution is -2.34. The summed E-state index contributed by atoms with van der Waals surface area (Å²) in [5.41, 5.74) is -0.470. The maximum atomic E-state index is 11.9. The molecule has 0 aromatic rings. The van der Waals surface area contributed by atoms with Gasteiger partial charge in [-0.1, -0.05) is 33.1 Å². The Morgan fingerprint density at radius 1 is 1.50 bits per heavy atom. The van der Waals surface area contributed by atoms with Crippen molar-refractivity contribution in [3.63, 3.8) is 0 Å². The Kier molecular flexibility index (Phi) is 4.51. The van der Waals surface area contributed by atoms with E-state index >= 15 is 0 Å². The fraction of sp³-hybridized carbons (Fsp3) is 0.846. The monoisotopic (exact) mass is 226 g/mol. The van der Waals surface area contributed by atoms with Crippen LogP contribution in [0.1, 0.15) is 52.4 Å². The minimum absolute atomic E-state index is 0.218. The third kappa shape index (κ3) is 2.45. The number of carbonyl (C=O) groups is 2. The molecule has 1 saturated carbocycles. The molecule has 0 aromatic heterocycles. The summed E-state index contributed by atoms with van der Waals surface area (Å²) in [5.74, 6) is -0.203. The van der Waals surface area contributed by atoms with Gasteiger partial charge in [-0.05, 0) is 12.8 Å². The third-order valence-corrected chi connectivity index (χ3v) is 3.85. The van der Waals surface area contributed by atoms with Crippen molar-refractivity contribution in [2.75, 3.05) is 7.11 Å². The van der Waals surface area contributed by atoms with Crippen LogP contribution in [0.5, 0.6) is 0 Å². The highest BCUT2D eigenvalue weighted by Crippen LogP contribution is 2.44. The van der Waals surface area contributed by atoms with Gasteiger partial charge in [-0.15, -0.1) is 0 Å². The average molecular weight is 226 g/mol. The fourth-order valence-electron chi connectivity index (χ4n) is 2.65. The molecule has 0 amide bonds. The van der Waals surface area contributed by atoms with Gasteiger partial charge in [0.05, 0.1) is 13.0 Å². The van der Waals surface area contributed by atoms with E-state index in [0.717, 1.165) is 25.7 Å². The van der Waals surface area contributed by atoms with E-state index in [9.17, 15) is 9.59 Å². The minimum atomic E-state index is -0.470. The van der Waals surface area contributed by atoms with Crippen LogP contribution in [0.15, 0.2) is 0 Å². The van der Waals surface area contributed by atoms with Gasteiger partial charge < -0.3 is 4.74 Å². The number of Topliss-reactive ketones (excluding diaryl/α,β-unsaturated/α-hetero) is 1. The van der Waals surface area contributed by atoms with Gasteiger partial charge in [0.25, 0.3) is 0 Å². The molecule has 2 unspecified atom stereocenters. The highest BCUT2D eigenvalue weighted by molar-refractivity contribution is 5.93. The van der Waals surface area contributed by atoms with Gasteiger partial charge in [-0.3, -0.25) is 9.59 Å². The van der Waals surface area contributed by atoms with Crippen LogP contribution in [0.4, 0.5) is 0 Å². The predicted octanol–water partition coefficient (Wildman–Crippen LogP) is 2.73. The molecule has 3 nitrogen and oxygen atoms in total. The molecule has 1 aliphatic carbocycles. The first kappa shape index (κ1) is 13.2. The van der Waals surface area contributed by atoms with Crippen LogP contribution in [-0.2, 0) is 14.3 Å². The Morgan fingerprint density at radius 3 is 2.75 bits per heavy atom. The topological polar surface area (TPSA) is 43.4 Å². The quantitative estimate of drug-likeness (QED) is 0.534. The number of ether oxygens (including phenoxy) is 1. The van der Waals surface area contributed by atoms with Crippen LogP contribution >= 0.6 is 0 Å². The van der Waals surface area contributed by atoms with Gasteiger partial charge in [-0.25, -0.2) is 0 Å². The SMILES string of the molecule is CCCCCC1(C)C(=O)CCC1C(=O)OC. The molecule has 3 heteroatoms. The number of esters is 1. The molecule has 0 spiro atoms. The maximum absolute atomic E-state index is 11.9. The first-order valence-electron chi connectivity index (χ1n) is 6.17. The number of ketones is 1. The first-order valence-corrected chi connectivity index (χ1v) is 6.17. The minimum Gasteiger partial charge on any atom is -0.469 e. The second-order valence-corrected chi connectivity index (χ2v) is 4.91. The summed E-state index contributed by atoms with van der Waals surface area (Å²) in [4.78, 5) is 23.5. The molecule has 1 rings (SSSR count). The molecule has 0 radical (unpaired) electrons. The number of methoxy groups -OCH3 is 1. The molecule has 2 atom stereocenters. The Hall–Kier alpha value is -0.860. The van der Waals surface area contributed by atoms with E-state index in [4.69, 9.17) is 4.74 Å². The number of hydrogen-bond acceptors (Lipinski definition) is 3. The van der Waals surface area contributed by atoms with Crippen molar-refractivity contribution in [2.24, 2.45) is 11.3 Å². The molecular formula is C13H22O3. The highest BCUT2D eigenvalue weighted by atomic mass is 16.5. The van der Waals surface area contributed by atoms with Crippen LogP contribution in [0.25, 0.3) is 0 Å². The Bertz CT molecular complexity index is 272. The van der Waals surface area contributed by atoms with Crippen molar-refractivity contribution >= 4 is 11.8 Å². The molecule has 0 aromatic carbocycles. The van der Waals surface area contributed by atoms with E-state index in [1.54, 1.807) is 0 Å². The van der Waals surface area contributed by atoms with Crippen molar-refractivity contribution in [1.29, 1.82) is 0 Å². The van der Waals surface area contributed by atoms with Gasteiger partial charge in [0.15, 0.2) is 0 Å². The fourth-order valence-corrected chi connectivity index (χ4v) is 2.65. The van der Waals surface area contributed by atoms with Crippen molar-refractivity contribution < 1.29 is 14.3 Å². The molecule has 0 aliphatic heterocycles. The molecule has 0 bridgehead atoms. The van der Waals surface area contributed by atoms with Crippen LogP contribution in [0, 0.1) is 11.3 Å². The lowest BCUT2D eigenvalue weighted by atomic mass is 9.75. The number of hydrogen-bond donors (Lipinski definition) is 0. The first-order chi connectivity index (χ1) is 7.56. The second kappa shape index (κ2) is 5.46. The van der Waals surface area contributed by atoms with E-state index in [-0.39, 0.29) is 17.7 Å². The lowest BCUT2D eigenvalue weighted by molar-refractivity contribution is -0.151. The van der Waals surface area contributed by atoms with Crippen LogP contribution < -0.4 is 0 Å². The Labute approximate surface area is 97.5 Å². The summed E-state index contributed by atoms with van der Waals surface area (Å²) in [6.45, 7) is 4.07. The van der Waals surface area contributed by atoms with Crippen LogP contribution in [0.3, 0.4) is 0 Å². The van der Waals surface area contributed by atoms with E-state index in [1.807, 2.05) is 6.92 Å². The molecule has 0 N–H and O–H groups in total. The summed E-state index contributed by atoms with van der Waals surface area (Å²) in [6, 6.07) is 0. The van der Waals surface area contributed by atoms with Gasteiger partial charge in [0, 0.05) is 11.8 Å². The molecule has 1 fully saturated rings. The summed E-state index contributed by atoms with van der Waals surface area (Å²) in [5, 5.41) is 0. The zero-order valence-corrected chi connectivity index (χ0v) is 10.5. The molecule has 1 aliphatic rings. The zero-order chi connectivity index (χ0) is 12.2. The summed E-state index contributed by atoms with van der Waals surface area (Å²) >= 11 is 0. The molecule has 16 heavy (non-hydrogen) atoms. The van der Waals surface area contributed by atoms with Gasteiger partial charge in [0.2, 0.25) is 0 Å². The predicted molar refractivity (Wildman–Crippen MR) is 62.0 cm³/mol. The molecule has 92 valence electrons. The summed E-state index contributed by atoms with van der Waals surface area (Å²) in [7, 11) is 1.40. The lowest BCUT2D eigenvalue weighted by Gasteiger charge is -2.28. The van der Waals surface area contributed by atoms with E-state index in [1.165, 1.54) is 7.11 Å². The van der Waals surface area contributed by atoms with E-state index in [0.29, 0.717) is 12.8 Å². The highest BCUT2D eigenvalue weighted by Gasteiger charge is 2.49. The molecule has 0 heterocycles. The van der Waals surface area contributed by atoms with Gasteiger partial charge >= 0.3 is 5.97 Å². The number of carbonyl (C=O) groups excluding carboxylic acids is 2. The standard InChI is InChI=1S/C13H22O3/c1-4-5-6-9-13(2)10(12(15)16-3)7-8-11(13)14/h10H,4-9H2,1-3H3. The molecule has 0 saturated heterocycles. The number of unbranched alkanes of at least 4 members (excludes halogenated alkanes) is 2. The average Bonchev–Trinajstić information content (AvgIpc) is 2.56. The normalized spacial score (nSPS) is 29.4. The van der Waals surface area contributed by atoms with Gasteiger partial charge in [-0.2, -0.15) is 0 Å². The summed E-state index contributed by atoms with van der Waals surface area (Å²) < 4.78 is 4.79. The largest absolute Gasteiger partial charge is 0.469 e. The van der Waals surface area contributed by atoms with E-state index in [2.05, 4.69) is 6.92 Å².